The van der Waals surface area contributed by atoms with Crippen molar-refractivity contribution in [1.29, 1.82) is 5.26 Å². The molecule has 5 nitrogen and oxygen atoms in total. The van der Waals surface area contributed by atoms with E-state index in [-0.39, 0.29) is 24.9 Å². The van der Waals surface area contributed by atoms with E-state index in [1.165, 1.54) is 0 Å². The number of amides is 1. The van der Waals surface area contributed by atoms with Crippen molar-refractivity contribution >= 4 is 5.91 Å². The lowest BCUT2D eigenvalue weighted by Crippen LogP contribution is -2.65. The van der Waals surface area contributed by atoms with Crippen molar-refractivity contribution in [2.45, 2.75) is 19.4 Å². The van der Waals surface area contributed by atoms with Gasteiger partial charge < -0.3 is 10.4 Å². The Morgan fingerprint density at radius 3 is 2.73 bits per heavy atom. The molecule has 0 spiro atoms. The van der Waals surface area contributed by atoms with E-state index in [4.69, 9.17) is 5.26 Å². The van der Waals surface area contributed by atoms with Gasteiger partial charge in [0.1, 0.15) is 6.54 Å². The summed E-state index contributed by atoms with van der Waals surface area (Å²) in [4.78, 5) is 13.1. The predicted octanol–water partition coefficient (Wildman–Crippen LogP) is -0.671. The van der Waals surface area contributed by atoms with Gasteiger partial charge in [-0.05, 0) is 5.92 Å². The number of hydrogen-bond acceptors (Lipinski definition) is 4. The second-order valence-corrected chi connectivity index (χ2v) is 4.34. The average Bonchev–Trinajstić information content (AvgIpc) is 2.11. The van der Waals surface area contributed by atoms with Crippen LogP contribution >= 0.6 is 0 Å². The molecule has 0 saturated carbocycles. The molecule has 0 aromatic carbocycles. The molecule has 0 aliphatic carbocycles. The van der Waals surface area contributed by atoms with Crippen LogP contribution in [0.2, 0.25) is 0 Å². The van der Waals surface area contributed by atoms with E-state index in [0.29, 0.717) is 13.1 Å². The van der Waals surface area contributed by atoms with Gasteiger partial charge in [-0.3, -0.25) is 9.69 Å². The van der Waals surface area contributed by atoms with Gasteiger partial charge in [0.2, 0.25) is 5.91 Å². The van der Waals surface area contributed by atoms with Gasteiger partial charge in [-0.15, -0.1) is 0 Å². The van der Waals surface area contributed by atoms with E-state index >= 15 is 0 Å². The molecule has 1 fully saturated rings. The summed E-state index contributed by atoms with van der Waals surface area (Å²) in [6, 6.07) is 1.84. The fourth-order valence-electron chi connectivity index (χ4n) is 1.60. The van der Waals surface area contributed by atoms with Crippen molar-refractivity contribution in [2.75, 3.05) is 26.2 Å². The number of carbonyl (C=O) groups excluding carboxylic acids is 1. The quantitative estimate of drug-likeness (QED) is 0.605. The van der Waals surface area contributed by atoms with Gasteiger partial charge >= 0.3 is 0 Å². The highest BCUT2D eigenvalue weighted by Gasteiger charge is 2.43. The molecule has 0 aromatic rings. The number of likely N-dealkylation sites (tertiary alicyclic amines) is 1. The normalized spacial score (nSPS) is 19.4. The summed E-state index contributed by atoms with van der Waals surface area (Å²) in [5.74, 6) is 0.0401. The number of aliphatic hydroxyl groups is 1. The standard InChI is InChI=1S/C10H17N3O2/c1-8(2)10(15)6-13(7-10)5-9(14)12-4-3-11/h8,15H,4-7H2,1-2H3,(H,12,14). The topological polar surface area (TPSA) is 76.4 Å². The first-order chi connectivity index (χ1) is 6.98. The number of hydrogen-bond donors (Lipinski definition) is 2. The van der Waals surface area contributed by atoms with E-state index in [9.17, 15) is 9.90 Å². The highest BCUT2D eigenvalue weighted by atomic mass is 16.3. The highest BCUT2D eigenvalue weighted by molar-refractivity contribution is 5.78. The third-order valence-corrected chi connectivity index (χ3v) is 2.80. The fourth-order valence-corrected chi connectivity index (χ4v) is 1.60. The van der Waals surface area contributed by atoms with Gasteiger partial charge in [0.05, 0.1) is 18.2 Å². The molecule has 84 valence electrons. The minimum atomic E-state index is -0.643. The lowest BCUT2D eigenvalue weighted by atomic mass is 9.83. The summed E-state index contributed by atoms with van der Waals surface area (Å²) < 4.78 is 0. The molecule has 0 radical (unpaired) electrons. The van der Waals surface area contributed by atoms with Crippen molar-refractivity contribution < 1.29 is 9.90 Å². The van der Waals surface area contributed by atoms with E-state index in [1.54, 1.807) is 0 Å². The Hall–Kier alpha value is -1.12. The first kappa shape index (κ1) is 12.0. The maximum Gasteiger partial charge on any atom is 0.235 e. The Kier molecular flexibility index (Phi) is 3.66. The van der Waals surface area contributed by atoms with Crippen molar-refractivity contribution in [2.24, 2.45) is 5.92 Å². The van der Waals surface area contributed by atoms with Crippen LogP contribution in [0, 0.1) is 17.2 Å². The molecule has 15 heavy (non-hydrogen) atoms. The van der Waals surface area contributed by atoms with Crippen molar-refractivity contribution in [1.82, 2.24) is 10.2 Å². The smallest absolute Gasteiger partial charge is 0.235 e. The Balaban J connectivity index is 2.23. The number of nitriles is 1. The molecule has 1 aliphatic heterocycles. The monoisotopic (exact) mass is 211 g/mol. The summed E-state index contributed by atoms with van der Waals surface area (Å²) >= 11 is 0. The van der Waals surface area contributed by atoms with Crippen molar-refractivity contribution in [3.05, 3.63) is 0 Å². The largest absolute Gasteiger partial charge is 0.387 e. The van der Waals surface area contributed by atoms with E-state index in [0.717, 1.165) is 0 Å². The lowest BCUT2D eigenvalue weighted by molar-refractivity contribution is -0.142. The molecule has 0 aromatic heterocycles. The number of β-amino-alcohol motifs (C(OH)–C–C–N with tert-alkyl or cyclic N) is 1. The van der Waals surface area contributed by atoms with Gasteiger partial charge in [0.25, 0.3) is 0 Å². The van der Waals surface area contributed by atoms with E-state index in [1.807, 2.05) is 24.8 Å². The van der Waals surface area contributed by atoms with Gasteiger partial charge in [0.15, 0.2) is 0 Å². The van der Waals surface area contributed by atoms with E-state index < -0.39 is 5.60 Å². The summed E-state index contributed by atoms with van der Waals surface area (Å²) in [5.41, 5.74) is -0.643. The van der Waals surface area contributed by atoms with Crippen LogP contribution in [0.15, 0.2) is 0 Å². The van der Waals surface area contributed by atoms with Crippen LogP contribution in [0.5, 0.6) is 0 Å². The third-order valence-electron chi connectivity index (χ3n) is 2.80. The zero-order chi connectivity index (χ0) is 11.5. The molecule has 1 amide bonds. The first-order valence-electron chi connectivity index (χ1n) is 5.06. The van der Waals surface area contributed by atoms with Crippen LogP contribution in [0.25, 0.3) is 0 Å². The van der Waals surface area contributed by atoms with Crippen LogP contribution in [-0.4, -0.2) is 47.7 Å². The Labute approximate surface area is 89.7 Å². The molecule has 1 saturated heterocycles. The zero-order valence-electron chi connectivity index (χ0n) is 9.16. The van der Waals surface area contributed by atoms with Crippen LogP contribution < -0.4 is 5.32 Å². The molecule has 0 atom stereocenters. The Bertz CT molecular complexity index is 277. The maximum absolute atomic E-state index is 11.2. The predicted molar refractivity (Wildman–Crippen MR) is 54.9 cm³/mol. The number of nitrogens with one attached hydrogen (secondary N) is 1. The summed E-state index contributed by atoms with van der Waals surface area (Å²) in [5, 5.41) is 20.6. The molecule has 0 bridgehead atoms. The van der Waals surface area contributed by atoms with Crippen molar-refractivity contribution in [3.63, 3.8) is 0 Å². The Morgan fingerprint density at radius 1 is 1.67 bits per heavy atom. The summed E-state index contributed by atoms with van der Waals surface area (Å²) in [6.45, 7) is 5.30. The van der Waals surface area contributed by atoms with Crippen LogP contribution in [0.1, 0.15) is 13.8 Å². The minimum absolute atomic E-state index is 0.0428. The molecule has 1 aliphatic rings. The lowest BCUT2D eigenvalue weighted by Gasteiger charge is -2.48. The Morgan fingerprint density at radius 2 is 2.27 bits per heavy atom. The number of carbonyl (C=O) groups is 1. The molecular weight excluding hydrogens is 194 g/mol. The average molecular weight is 211 g/mol. The van der Waals surface area contributed by atoms with Gasteiger partial charge in [-0.1, -0.05) is 13.8 Å². The molecule has 2 N–H and O–H groups in total. The SMILES string of the molecule is CC(C)C1(O)CN(CC(=O)NCC#N)C1. The molecule has 0 unspecified atom stereocenters. The van der Waals surface area contributed by atoms with Crippen molar-refractivity contribution in [3.8, 4) is 6.07 Å². The molecular formula is C10H17N3O2. The molecule has 1 rings (SSSR count). The third kappa shape index (κ3) is 2.91. The summed E-state index contributed by atoms with van der Waals surface area (Å²) in [7, 11) is 0. The molecule has 5 heteroatoms. The van der Waals surface area contributed by atoms with Crippen LogP contribution in [0.3, 0.4) is 0 Å². The first-order valence-corrected chi connectivity index (χ1v) is 5.06. The van der Waals surface area contributed by atoms with Gasteiger partial charge in [-0.25, -0.2) is 0 Å². The van der Waals surface area contributed by atoms with Crippen LogP contribution in [-0.2, 0) is 4.79 Å². The molecule has 1 heterocycles. The minimum Gasteiger partial charge on any atom is -0.387 e. The number of nitrogens with zero attached hydrogens (tertiary/aromatic N) is 2. The van der Waals surface area contributed by atoms with Gasteiger partial charge in [0, 0.05) is 13.1 Å². The second-order valence-electron chi connectivity index (χ2n) is 4.34. The number of rotatable bonds is 4. The maximum atomic E-state index is 11.2. The zero-order valence-corrected chi connectivity index (χ0v) is 9.16. The second kappa shape index (κ2) is 4.60. The highest BCUT2D eigenvalue weighted by Crippen LogP contribution is 2.27. The van der Waals surface area contributed by atoms with E-state index in [2.05, 4.69) is 5.32 Å². The summed E-state index contributed by atoms with van der Waals surface area (Å²) in [6.07, 6.45) is 0. The van der Waals surface area contributed by atoms with Crippen LogP contribution in [0.4, 0.5) is 0 Å². The van der Waals surface area contributed by atoms with Gasteiger partial charge in [-0.2, -0.15) is 5.26 Å². The fraction of sp³-hybridized carbons (Fsp3) is 0.800.